The number of anilines is 1. The third kappa shape index (κ3) is 3.91. The lowest BCUT2D eigenvalue weighted by atomic mass is 10.3. The number of aromatic nitrogens is 2. The van der Waals surface area contributed by atoms with Crippen LogP contribution in [-0.4, -0.2) is 35.0 Å². The summed E-state index contributed by atoms with van der Waals surface area (Å²) in [6.07, 6.45) is 1.58. The van der Waals surface area contributed by atoms with Crippen LogP contribution in [0.3, 0.4) is 0 Å². The first-order valence-electron chi connectivity index (χ1n) is 6.78. The molecule has 1 aromatic carbocycles. The number of halogens is 1. The monoisotopic (exact) mass is 401 g/mol. The van der Waals surface area contributed by atoms with Crippen molar-refractivity contribution in [2.45, 2.75) is 25.3 Å². The SMILES string of the molecule is CCS(=O)(=O)c1ccc(O)c(NC(=O)Cn2ncc(Br)c2C)c1. The number of aromatic hydroxyl groups is 1. The van der Waals surface area contributed by atoms with Gasteiger partial charge in [0.2, 0.25) is 5.91 Å². The van der Waals surface area contributed by atoms with Gasteiger partial charge in [-0.25, -0.2) is 8.42 Å². The number of amides is 1. The van der Waals surface area contributed by atoms with Gasteiger partial charge in [0.25, 0.3) is 0 Å². The fraction of sp³-hybridized carbons (Fsp3) is 0.286. The number of phenols is 1. The Morgan fingerprint density at radius 2 is 2.13 bits per heavy atom. The molecule has 2 rings (SSSR count). The number of carbonyl (C=O) groups is 1. The predicted octanol–water partition coefficient (Wildman–Crippen LogP) is 2.09. The Labute approximate surface area is 142 Å². The van der Waals surface area contributed by atoms with Crippen molar-refractivity contribution in [1.82, 2.24) is 9.78 Å². The molecule has 1 amide bonds. The minimum atomic E-state index is -3.42. The molecule has 0 saturated carbocycles. The van der Waals surface area contributed by atoms with Crippen molar-refractivity contribution in [3.8, 4) is 5.75 Å². The maximum Gasteiger partial charge on any atom is 0.246 e. The number of benzene rings is 1. The van der Waals surface area contributed by atoms with E-state index in [2.05, 4.69) is 26.3 Å². The molecule has 2 N–H and O–H groups in total. The lowest BCUT2D eigenvalue weighted by Gasteiger charge is -2.10. The van der Waals surface area contributed by atoms with E-state index in [1.807, 2.05) is 0 Å². The standard InChI is InChI=1S/C14H16BrN3O4S/c1-3-23(21,22)10-4-5-13(19)12(6-10)17-14(20)8-18-9(2)11(15)7-16-18/h4-7,19H,3,8H2,1-2H3,(H,17,20). The third-order valence-electron chi connectivity index (χ3n) is 3.32. The van der Waals surface area contributed by atoms with Crippen LogP contribution in [0, 0.1) is 6.92 Å². The Morgan fingerprint density at radius 3 is 2.70 bits per heavy atom. The largest absolute Gasteiger partial charge is 0.506 e. The molecule has 124 valence electrons. The summed E-state index contributed by atoms with van der Waals surface area (Å²) in [6, 6.07) is 3.80. The lowest BCUT2D eigenvalue weighted by Crippen LogP contribution is -2.20. The molecule has 0 unspecified atom stereocenters. The lowest BCUT2D eigenvalue weighted by molar-refractivity contribution is -0.117. The van der Waals surface area contributed by atoms with E-state index in [0.717, 1.165) is 10.2 Å². The summed E-state index contributed by atoms with van der Waals surface area (Å²) < 4.78 is 26.0. The Balaban J connectivity index is 2.21. The van der Waals surface area contributed by atoms with Crippen molar-refractivity contribution in [2.75, 3.05) is 11.1 Å². The Bertz CT molecular complexity index is 846. The predicted molar refractivity (Wildman–Crippen MR) is 89.1 cm³/mol. The minimum Gasteiger partial charge on any atom is -0.506 e. The van der Waals surface area contributed by atoms with Gasteiger partial charge in [0.05, 0.1) is 32.7 Å². The number of carbonyl (C=O) groups excluding carboxylic acids is 1. The summed E-state index contributed by atoms with van der Waals surface area (Å²) in [4.78, 5) is 12.1. The first kappa shape index (κ1) is 17.5. The zero-order chi connectivity index (χ0) is 17.2. The average Bonchev–Trinajstić information content (AvgIpc) is 2.81. The molecule has 0 aliphatic heterocycles. The van der Waals surface area contributed by atoms with E-state index in [1.165, 1.54) is 29.8 Å². The summed E-state index contributed by atoms with van der Waals surface area (Å²) in [5.41, 5.74) is 0.833. The van der Waals surface area contributed by atoms with E-state index in [4.69, 9.17) is 0 Å². The average molecular weight is 402 g/mol. The Morgan fingerprint density at radius 1 is 1.43 bits per heavy atom. The van der Waals surface area contributed by atoms with Crippen LogP contribution in [0.25, 0.3) is 0 Å². The Hall–Kier alpha value is -1.87. The van der Waals surface area contributed by atoms with Crippen LogP contribution >= 0.6 is 15.9 Å². The van der Waals surface area contributed by atoms with Gasteiger partial charge in [-0.1, -0.05) is 6.92 Å². The highest BCUT2D eigenvalue weighted by Crippen LogP contribution is 2.27. The maximum absolute atomic E-state index is 12.1. The summed E-state index contributed by atoms with van der Waals surface area (Å²) in [5, 5.41) is 16.3. The van der Waals surface area contributed by atoms with Crippen molar-refractivity contribution in [3.63, 3.8) is 0 Å². The molecule has 1 aromatic heterocycles. The molecule has 0 saturated heterocycles. The second kappa shape index (κ2) is 6.71. The fourth-order valence-corrected chi connectivity index (χ4v) is 3.09. The van der Waals surface area contributed by atoms with Crippen LogP contribution in [0.1, 0.15) is 12.6 Å². The molecule has 0 atom stereocenters. The smallest absolute Gasteiger partial charge is 0.246 e. The van der Waals surface area contributed by atoms with Gasteiger partial charge >= 0.3 is 0 Å². The number of hydrogen-bond acceptors (Lipinski definition) is 5. The summed E-state index contributed by atoms with van der Waals surface area (Å²) in [6.45, 7) is 3.27. The van der Waals surface area contributed by atoms with Crippen molar-refractivity contribution < 1.29 is 18.3 Å². The van der Waals surface area contributed by atoms with Gasteiger partial charge in [-0.05, 0) is 41.1 Å². The number of nitrogens with one attached hydrogen (secondary N) is 1. The topological polar surface area (TPSA) is 101 Å². The van der Waals surface area contributed by atoms with Gasteiger partial charge in [0.15, 0.2) is 9.84 Å². The van der Waals surface area contributed by atoms with Crippen LogP contribution in [0.4, 0.5) is 5.69 Å². The molecule has 23 heavy (non-hydrogen) atoms. The third-order valence-corrected chi connectivity index (χ3v) is 5.83. The van der Waals surface area contributed by atoms with Gasteiger partial charge in [-0.15, -0.1) is 0 Å². The quantitative estimate of drug-likeness (QED) is 0.746. The van der Waals surface area contributed by atoms with Gasteiger partial charge < -0.3 is 10.4 Å². The highest BCUT2D eigenvalue weighted by Gasteiger charge is 2.16. The molecule has 0 aliphatic carbocycles. The van der Waals surface area contributed by atoms with Crippen molar-refractivity contribution in [3.05, 3.63) is 34.6 Å². The first-order valence-corrected chi connectivity index (χ1v) is 9.22. The van der Waals surface area contributed by atoms with E-state index in [1.54, 1.807) is 13.1 Å². The molecule has 7 nitrogen and oxygen atoms in total. The number of nitrogens with zero attached hydrogens (tertiary/aromatic N) is 2. The van der Waals surface area contributed by atoms with E-state index < -0.39 is 15.7 Å². The normalized spacial score (nSPS) is 11.4. The molecule has 0 aliphatic rings. The van der Waals surface area contributed by atoms with E-state index in [-0.39, 0.29) is 28.6 Å². The highest BCUT2D eigenvalue weighted by molar-refractivity contribution is 9.10. The summed E-state index contributed by atoms with van der Waals surface area (Å²) in [5.74, 6) is -0.692. The molecule has 0 radical (unpaired) electrons. The van der Waals surface area contributed by atoms with Crippen molar-refractivity contribution in [2.24, 2.45) is 0 Å². The molecule has 2 aromatic rings. The maximum atomic E-state index is 12.1. The summed E-state index contributed by atoms with van der Waals surface area (Å²) in [7, 11) is -3.42. The number of phenolic OH excluding ortho intramolecular Hbond substituents is 1. The molecular weight excluding hydrogens is 386 g/mol. The number of sulfone groups is 1. The van der Waals surface area contributed by atoms with Crippen LogP contribution in [0.15, 0.2) is 33.8 Å². The van der Waals surface area contributed by atoms with Crippen molar-refractivity contribution in [1.29, 1.82) is 0 Å². The zero-order valence-corrected chi connectivity index (χ0v) is 15.0. The summed E-state index contributed by atoms with van der Waals surface area (Å²) >= 11 is 3.30. The Kier molecular flexibility index (Phi) is 5.10. The van der Waals surface area contributed by atoms with Crippen LogP contribution < -0.4 is 5.32 Å². The molecule has 0 fully saturated rings. The second-order valence-corrected chi connectivity index (χ2v) is 8.00. The highest BCUT2D eigenvalue weighted by atomic mass is 79.9. The van der Waals surface area contributed by atoms with Gasteiger partial charge in [0, 0.05) is 0 Å². The van der Waals surface area contributed by atoms with Crippen LogP contribution in [-0.2, 0) is 21.2 Å². The molecular formula is C14H16BrN3O4S. The van der Waals surface area contributed by atoms with Crippen molar-refractivity contribution >= 4 is 37.4 Å². The second-order valence-electron chi connectivity index (χ2n) is 4.87. The van der Waals surface area contributed by atoms with Gasteiger partial charge in [-0.3, -0.25) is 9.48 Å². The van der Waals surface area contributed by atoms with E-state index >= 15 is 0 Å². The molecule has 0 spiro atoms. The van der Waals surface area contributed by atoms with Gasteiger partial charge in [-0.2, -0.15) is 5.10 Å². The van der Waals surface area contributed by atoms with Gasteiger partial charge in [0.1, 0.15) is 12.3 Å². The fourth-order valence-electron chi connectivity index (χ4n) is 1.88. The first-order chi connectivity index (χ1) is 10.7. The van der Waals surface area contributed by atoms with E-state index in [9.17, 15) is 18.3 Å². The van der Waals surface area contributed by atoms with Crippen LogP contribution in [0.5, 0.6) is 5.75 Å². The number of hydrogen-bond donors (Lipinski definition) is 2. The molecule has 0 bridgehead atoms. The molecule has 1 heterocycles. The van der Waals surface area contributed by atoms with Crippen LogP contribution in [0.2, 0.25) is 0 Å². The number of rotatable bonds is 5. The minimum absolute atomic E-state index is 0.0473. The molecule has 9 heteroatoms. The zero-order valence-electron chi connectivity index (χ0n) is 12.6. The van der Waals surface area contributed by atoms with E-state index in [0.29, 0.717) is 0 Å².